The number of para-hydroxylation sites is 2. The highest BCUT2D eigenvalue weighted by Crippen LogP contribution is 2.47. The van der Waals surface area contributed by atoms with E-state index in [4.69, 9.17) is 0 Å². The lowest BCUT2D eigenvalue weighted by molar-refractivity contribution is 0.431. The SMILES string of the molecule is CCCCCC(CC)(c1ccc(N(c2ccccc2)c2ccc(C3CCCCC3)cc2)cc1)c1ccc(N(c2ccccc2)c2cccc3sc4ccccc4c23)cc1. The summed E-state index contributed by atoms with van der Waals surface area (Å²) in [5.74, 6) is 0.697. The summed E-state index contributed by atoms with van der Waals surface area (Å²) >= 11 is 1.88. The molecule has 7 aromatic carbocycles. The Kier molecular flexibility index (Phi) is 11.7. The van der Waals surface area contributed by atoms with Crippen LogP contribution in [0, 0.1) is 0 Å². The zero-order valence-corrected chi connectivity index (χ0v) is 35.5. The number of hydrogen-bond acceptors (Lipinski definition) is 3. The molecule has 59 heavy (non-hydrogen) atoms. The van der Waals surface area contributed by atoms with Crippen LogP contribution < -0.4 is 9.80 Å². The molecule has 8 aromatic rings. The van der Waals surface area contributed by atoms with Gasteiger partial charge >= 0.3 is 0 Å². The van der Waals surface area contributed by atoms with Crippen LogP contribution in [0.4, 0.5) is 34.1 Å². The molecule has 0 aliphatic heterocycles. The molecule has 9 rings (SSSR count). The van der Waals surface area contributed by atoms with Gasteiger partial charge in [0.2, 0.25) is 0 Å². The Morgan fingerprint density at radius 3 is 1.63 bits per heavy atom. The minimum atomic E-state index is -0.105. The fourth-order valence-electron chi connectivity index (χ4n) is 9.88. The lowest BCUT2D eigenvalue weighted by atomic mass is 9.69. The predicted molar refractivity (Wildman–Crippen MR) is 256 cm³/mol. The third-order valence-electron chi connectivity index (χ3n) is 13.0. The molecule has 3 heteroatoms. The fourth-order valence-corrected chi connectivity index (χ4v) is 11.0. The highest BCUT2D eigenvalue weighted by Gasteiger charge is 2.33. The molecule has 2 nitrogen and oxygen atoms in total. The van der Waals surface area contributed by atoms with Crippen molar-refractivity contribution >= 4 is 65.6 Å². The maximum absolute atomic E-state index is 2.45. The first-order valence-corrected chi connectivity index (χ1v) is 22.9. The average Bonchev–Trinajstić information content (AvgIpc) is 3.70. The van der Waals surface area contributed by atoms with Gasteiger partial charge in [0.05, 0.1) is 5.69 Å². The number of rotatable bonds is 14. The van der Waals surface area contributed by atoms with Gasteiger partial charge in [-0.2, -0.15) is 0 Å². The Balaban J connectivity index is 1.09. The number of fused-ring (bicyclic) bond motifs is 3. The third kappa shape index (κ3) is 7.81. The van der Waals surface area contributed by atoms with E-state index in [1.807, 2.05) is 11.3 Å². The topological polar surface area (TPSA) is 6.48 Å². The van der Waals surface area contributed by atoms with E-state index < -0.39 is 0 Å². The van der Waals surface area contributed by atoms with E-state index in [1.165, 1.54) is 117 Å². The van der Waals surface area contributed by atoms with Gasteiger partial charge in [-0.05, 0) is 127 Å². The van der Waals surface area contributed by atoms with Crippen molar-refractivity contribution in [2.45, 2.75) is 89.4 Å². The maximum atomic E-state index is 2.45. The van der Waals surface area contributed by atoms with Crippen molar-refractivity contribution in [2.24, 2.45) is 0 Å². The van der Waals surface area contributed by atoms with Crippen LogP contribution in [0.15, 0.2) is 176 Å². The first-order valence-electron chi connectivity index (χ1n) is 22.1. The Hall–Kier alpha value is -5.64. The van der Waals surface area contributed by atoms with Gasteiger partial charge in [0.1, 0.15) is 0 Å². The van der Waals surface area contributed by atoms with Crippen LogP contribution in [-0.4, -0.2) is 0 Å². The second-order valence-electron chi connectivity index (χ2n) is 16.5. The molecular weight excluding hydrogens is 733 g/mol. The molecule has 296 valence electrons. The molecule has 0 spiro atoms. The molecule has 1 heterocycles. The van der Waals surface area contributed by atoms with Gasteiger partial charge < -0.3 is 9.80 Å². The number of hydrogen-bond donors (Lipinski definition) is 0. The molecule has 0 saturated heterocycles. The van der Waals surface area contributed by atoms with Gasteiger partial charge in [-0.15, -0.1) is 11.3 Å². The molecule has 1 aromatic heterocycles. The molecule has 1 saturated carbocycles. The third-order valence-corrected chi connectivity index (χ3v) is 14.2. The van der Waals surface area contributed by atoms with E-state index in [2.05, 4.69) is 200 Å². The highest BCUT2D eigenvalue weighted by atomic mass is 32.1. The van der Waals surface area contributed by atoms with Crippen LogP contribution in [0.1, 0.15) is 101 Å². The summed E-state index contributed by atoms with van der Waals surface area (Å²) in [6.45, 7) is 4.70. The first-order chi connectivity index (χ1) is 29.2. The van der Waals surface area contributed by atoms with E-state index in [1.54, 1.807) is 0 Å². The van der Waals surface area contributed by atoms with Crippen molar-refractivity contribution in [3.63, 3.8) is 0 Å². The number of unbranched alkanes of at least 4 members (excludes halogenated alkanes) is 2. The van der Waals surface area contributed by atoms with Crippen molar-refractivity contribution in [2.75, 3.05) is 9.80 Å². The Morgan fingerprint density at radius 1 is 0.492 bits per heavy atom. The number of anilines is 6. The van der Waals surface area contributed by atoms with Crippen LogP contribution in [-0.2, 0) is 5.41 Å². The van der Waals surface area contributed by atoms with Crippen LogP contribution in [0.5, 0.6) is 0 Å². The van der Waals surface area contributed by atoms with Gasteiger partial charge in [-0.3, -0.25) is 0 Å². The fraction of sp³-hybridized carbons (Fsp3) is 0.250. The van der Waals surface area contributed by atoms with Crippen molar-refractivity contribution in [1.29, 1.82) is 0 Å². The quantitative estimate of drug-likeness (QED) is 0.101. The number of benzene rings is 7. The summed E-state index contributed by atoms with van der Waals surface area (Å²) in [7, 11) is 0. The van der Waals surface area contributed by atoms with Gasteiger partial charge in [0.25, 0.3) is 0 Å². The zero-order valence-electron chi connectivity index (χ0n) is 34.7. The summed E-state index contributed by atoms with van der Waals surface area (Å²) in [4.78, 5) is 4.87. The van der Waals surface area contributed by atoms with Gasteiger partial charge in [-0.25, -0.2) is 0 Å². The predicted octanol–water partition coefficient (Wildman–Crippen LogP) is 17.3. The summed E-state index contributed by atoms with van der Waals surface area (Å²) in [5.41, 5.74) is 11.3. The average molecular weight is 789 g/mol. The van der Waals surface area contributed by atoms with Crippen LogP contribution in [0.2, 0.25) is 0 Å². The Morgan fingerprint density at radius 2 is 1.02 bits per heavy atom. The van der Waals surface area contributed by atoms with Crippen LogP contribution >= 0.6 is 11.3 Å². The lowest BCUT2D eigenvalue weighted by Gasteiger charge is -2.36. The number of nitrogens with zero attached hydrogens (tertiary/aromatic N) is 2. The standard InChI is InChI=1S/C56H56N2S/c1-3-5-17-41-56(4-2,44-31-37-49(38-32-44)57(46-21-11-7-12-22-46)48-35-29-43(30-36-48)42-19-9-6-10-20-42)45-33-39-50(40-34-45)58(47-23-13-8-14-24-47)52-26-18-28-54-55(52)51-25-15-16-27-53(51)59-54/h7-8,11-16,18,21-40,42H,3-6,9-10,17,19-20,41H2,1-2H3. The first kappa shape index (κ1) is 38.9. The molecule has 0 amide bonds. The van der Waals surface area contributed by atoms with Crippen LogP contribution in [0.3, 0.4) is 0 Å². The molecule has 0 bridgehead atoms. The van der Waals surface area contributed by atoms with Gasteiger partial charge in [-0.1, -0.05) is 149 Å². The maximum Gasteiger partial charge on any atom is 0.0554 e. The second-order valence-corrected chi connectivity index (χ2v) is 17.6. The summed E-state index contributed by atoms with van der Waals surface area (Å²) < 4.78 is 2.64. The summed E-state index contributed by atoms with van der Waals surface area (Å²) in [6, 6.07) is 65.9. The minimum absolute atomic E-state index is 0.105. The van der Waals surface area contributed by atoms with E-state index >= 15 is 0 Å². The second kappa shape index (κ2) is 17.7. The lowest BCUT2D eigenvalue weighted by Crippen LogP contribution is -2.27. The minimum Gasteiger partial charge on any atom is -0.311 e. The largest absolute Gasteiger partial charge is 0.311 e. The Labute approximate surface area is 355 Å². The van der Waals surface area contributed by atoms with Gasteiger partial charge in [0, 0.05) is 54.0 Å². The molecule has 1 fully saturated rings. The highest BCUT2D eigenvalue weighted by molar-refractivity contribution is 7.26. The molecule has 1 aliphatic carbocycles. The van der Waals surface area contributed by atoms with Crippen LogP contribution in [0.25, 0.3) is 20.2 Å². The monoisotopic (exact) mass is 788 g/mol. The molecular formula is C56H56N2S. The molecule has 0 N–H and O–H groups in total. The zero-order chi connectivity index (χ0) is 40.0. The van der Waals surface area contributed by atoms with Crippen molar-refractivity contribution in [1.82, 2.24) is 0 Å². The summed E-state index contributed by atoms with van der Waals surface area (Å²) in [6.07, 6.45) is 12.5. The Bertz CT molecular complexity index is 2570. The molecule has 1 atom stereocenters. The van der Waals surface area contributed by atoms with Crippen molar-refractivity contribution in [3.05, 3.63) is 193 Å². The van der Waals surface area contributed by atoms with E-state index in [0.717, 1.165) is 18.5 Å². The van der Waals surface area contributed by atoms with E-state index in [9.17, 15) is 0 Å². The van der Waals surface area contributed by atoms with E-state index in [-0.39, 0.29) is 5.41 Å². The molecule has 1 aliphatic rings. The normalized spacial score (nSPS) is 14.3. The van der Waals surface area contributed by atoms with Gasteiger partial charge in [0.15, 0.2) is 0 Å². The van der Waals surface area contributed by atoms with Crippen molar-refractivity contribution < 1.29 is 0 Å². The molecule has 1 unspecified atom stereocenters. The number of thiophene rings is 1. The van der Waals surface area contributed by atoms with Crippen molar-refractivity contribution in [3.8, 4) is 0 Å². The molecule has 0 radical (unpaired) electrons. The summed E-state index contributed by atoms with van der Waals surface area (Å²) in [5, 5.41) is 2.63. The smallest absolute Gasteiger partial charge is 0.0554 e. The van der Waals surface area contributed by atoms with E-state index in [0.29, 0.717) is 5.92 Å².